The van der Waals surface area contributed by atoms with Crippen LogP contribution in [0.15, 0.2) is 85.3 Å². The van der Waals surface area contributed by atoms with Crippen LogP contribution >= 0.6 is 0 Å². The largest absolute Gasteiger partial charge is 0.491 e. The Kier molecular flexibility index (Phi) is 11.0. The summed E-state index contributed by atoms with van der Waals surface area (Å²) in [6, 6.07) is 20.4. The number of benzene rings is 2. The predicted octanol–water partition coefficient (Wildman–Crippen LogP) is 7.15. The van der Waals surface area contributed by atoms with Crippen LogP contribution in [0.2, 0.25) is 0 Å². The Morgan fingerprint density at radius 3 is 2.16 bits per heavy atom. The third kappa shape index (κ3) is 8.68. The third-order valence-electron chi connectivity index (χ3n) is 7.54. The number of rotatable bonds is 12. The molecule has 0 radical (unpaired) electrons. The number of carbonyl (C=O) groups is 3. The SMILES string of the molecule is COC(=O)c1ccc(OCCOCCCc2ccc(-c3ccc(-c4cc5ccncc5n4C(=O)OC(C)(C)C)cc3)cn2)cc1C(=O)OC. The van der Waals surface area contributed by atoms with E-state index in [0.29, 0.717) is 24.5 Å². The second-order valence-electron chi connectivity index (χ2n) is 12.2. The molecule has 3 heterocycles. The topological polar surface area (TPSA) is 128 Å². The molecule has 0 aliphatic heterocycles. The molecular weight excluding hydrogens is 626 g/mol. The first-order chi connectivity index (χ1) is 23.6. The van der Waals surface area contributed by atoms with Crippen molar-refractivity contribution in [1.82, 2.24) is 14.5 Å². The number of ether oxygens (including phenoxy) is 5. The Morgan fingerprint density at radius 1 is 0.755 bits per heavy atom. The lowest BCUT2D eigenvalue weighted by Gasteiger charge is -2.21. The van der Waals surface area contributed by atoms with Crippen LogP contribution in [0.25, 0.3) is 33.3 Å². The molecule has 0 saturated carbocycles. The van der Waals surface area contributed by atoms with Gasteiger partial charge in [-0.05, 0) is 81.1 Å². The summed E-state index contributed by atoms with van der Waals surface area (Å²) in [6.45, 7) is 6.68. The fourth-order valence-corrected chi connectivity index (χ4v) is 5.20. The van der Waals surface area contributed by atoms with E-state index in [2.05, 4.69) is 9.97 Å². The van der Waals surface area contributed by atoms with Gasteiger partial charge in [-0.25, -0.2) is 19.0 Å². The molecule has 0 atom stereocenters. The Bertz CT molecular complexity index is 1930. The zero-order chi connectivity index (χ0) is 35.0. The Morgan fingerprint density at radius 2 is 1.47 bits per heavy atom. The van der Waals surface area contributed by atoms with Crippen LogP contribution < -0.4 is 4.74 Å². The number of fused-ring (bicyclic) bond motifs is 1. The molecule has 254 valence electrons. The van der Waals surface area contributed by atoms with Gasteiger partial charge in [0.25, 0.3) is 0 Å². The summed E-state index contributed by atoms with van der Waals surface area (Å²) in [4.78, 5) is 46.1. The minimum absolute atomic E-state index is 0.0703. The van der Waals surface area contributed by atoms with E-state index in [4.69, 9.17) is 23.7 Å². The third-order valence-corrected chi connectivity index (χ3v) is 7.54. The van der Waals surface area contributed by atoms with Gasteiger partial charge in [0.15, 0.2) is 0 Å². The van der Waals surface area contributed by atoms with Gasteiger partial charge >= 0.3 is 18.0 Å². The smallest absolute Gasteiger partial charge is 0.419 e. The van der Waals surface area contributed by atoms with Crippen LogP contribution in [0.1, 0.15) is 53.6 Å². The van der Waals surface area contributed by atoms with E-state index < -0.39 is 23.6 Å². The van der Waals surface area contributed by atoms with Crippen LogP contribution in [0.3, 0.4) is 0 Å². The molecule has 5 aromatic rings. The molecular formula is C38H39N3O8. The van der Waals surface area contributed by atoms with E-state index in [0.717, 1.165) is 46.3 Å². The molecule has 0 bridgehead atoms. The average molecular weight is 666 g/mol. The molecule has 49 heavy (non-hydrogen) atoms. The number of aromatic nitrogens is 3. The number of nitrogens with zero attached hydrogens (tertiary/aromatic N) is 3. The average Bonchev–Trinajstić information content (AvgIpc) is 3.50. The Hall–Kier alpha value is -5.55. The van der Waals surface area contributed by atoms with Crippen LogP contribution in [-0.4, -0.2) is 72.2 Å². The number of pyridine rings is 2. The van der Waals surface area contributed by atoms with Crippen molar-refractivity contribution in [3.05, 3.63) is 102 Å². The van der Waals surface area contributed by atoms with Gasteiger partial charge in [-0.3, -0.25) is 9.97 Å². The molecule has 11 heteroatoms. The van der Waals surface area contributed by atoms with E-state index in [1.54, 1.807) is 23.0 Å². The van der Waals surface area contributed by atoms with Crippen LogP contribution in [-0.2, 0) is 25.4 Å². The molecule has 0 unspecified atom stereocenters. The molecule has 5 rings (SSSR count). The highest BCUT2D eigenvalue weighted by Crippen LogP contribution is 2.31. The second-order valence-corrected chi connectivity index (χ2v) is 12.2. The number of esters is 2. The molecule has 3 aromatic heterocycles. The number of carbonyl (C=O) groups excluding carboxylic acids is 3. The van der Waals surface area contributed by atoms with Crippen LogP contribution in [0, 0.1) is 0 Å². The zero-order valence-electron chi connectivity index (χ0n) is 28.2. The van der Waals surface area contributed by atoms with Crippen molar-refractivity contribution in [2.75, 3.05) is 34.0 Å². The molecule has 0 aliphatic carbocycles. The molecule has 0 spiro atoms. The van der Waals surface area contributed by atoms with Crippen molar-refractivity contribution in [2.24, 2.45) is 0 Å². The van der Waals surface area contributed by atoms with Gasteiger partial charge in [0.1, 0.15) is 18.0 Å². The van der Waals surface area contributed by atoms with E-state index in [1.807, 2.05) is 75.5 Å². The lowest BCUT2D eigenvalue weighted by molar-refractivity contribution is 0.0545. The maximum Gasteiger partial charge on any atom is 0.419 e. The van der Waals surface area contributed by atoms with Gasteiger partial charge in [0.05, 0.1) is 49.4 Å². The molecule has 0 saturated heterocycles. The van der Waals surface area contributed by atoms with E-state index in [-0.39, 0.29) is 17.7 Å². The molecule has 0 N–H and O–H groups in total. The van der Waals surface area contributed by atoms with Crippen molar-refractivity contribution in [3.8, 4) is 28.1 Å². The fourth-order valence-electron chi connectivity index (χ4n) is 5.20. The molecule has 2 aromatic carbocycles. The first-order valence-corrected chi connectivity index (χ1v) is 15.8. The molecule has 11 nitrogen and oxygen atoms in total. The van der Waals surface area contributed by atoms with E-state index in [1.165, 1.54) is 26.4 Å². The molecule has 0 fully saturated rings. The maximum atomic E-state index is 13.2. The lowest BCUT2D eigenvalue weighted by atomic mass is 10.0. The second kappa shape index (κ2) is 15.6. The number of hydrogen-bond donors (Lipinski definition) is 0. The highest BCUT2D eigenvalue weighted by Gasteiger charge is 2.23. The quantitative estimate of drug-likeness (QED) is 0.0770. The first kappa shape index (κ1) is 34.8. The van der Waals surface area contributed by atoms with Crippen molar-refractivity contribution in [2.45, 2.75) is 39.2 Å². The molecule has 0 amide bonds. The normalized spacial score (nSPS) is 11.3. The van der Waals surface area contributed by atoms with E-state index in [9.17, 15) is 14.4 Å². The standard InChI is InChI=1S/C38H39N3O8/c1-38(2,3)49-37(44)41-33(21-27-16-17-39-24-34(27)41)26-10-8-25(9-11-26)28-12-13-29(40-23-28)7-6-18-47-19-20-48-30-14-15-31(35(42)45-4)32(22-30)36(43)46-5/h8-17,21-24H,6-7,18-20H2,1-5H3. The minimum Gasteiger partial charge on any atom is -0.491 e. The number of aryl methyl sites for hydroxylation is 1. The van der Waals surface area contributed by atoms with Gasteiger partial charge < -0.3 is 23.7 Å². The lowest BCUT2D eigenvalue weighted by Crippen LogP contribution is -2.27. The monoisotopic (exact) mass is 665 g/mol. The number of methoxy groups -OCH3 is 2. The van der Waals surface area contributed by atoms with Gasteiger partial charge in [0.2, 0.25) is 0 Å². The summed E-state index contributed by atoms with van der Waals surface area (Å²) in [5.74, 6) is -0.876. The first-order valence-electron chi connectivity index (χ1n) is 15.8. The van der Waals surface area contributed by atoms with Gasteiger partial charge in [0, 0.05) is 35.6 Å². The maximum absolute atomic E-state index is 13.2. The van der Waals surface area contributed by atoms with Crippen molar-refractivity contribution < 1.29 is 38.1 Å². The zero-order valence-corrected chi connectivity index (χ0v) is 28.2. The Balaban J connectivity index is 1.12. The highest BCUT2D eigenvalue weighted by molar-refractivity contribution is 6.03. The van der Waals surface area contributed by atoms with Gasteiger partial charge in [-0.2, -0.15) is 0 Å². The van der Waals surface area contributed by atoms with Crippen molar-refractivity contribution >= 4 is 28.9 Å². The summed E-state index contributed by atoms with van der Waals surface area (Å²) < 4.78 is 28.2. The Labute approximate surface area is 284 Å². The summed E-state index contributed by atoms with van der Waals surface area (Å²) >= 11 is 0. The fraction of sp³-hybridized carbons (Fsp3) is 0.289. The summed E-state index contributed by atoms with van der Waals surface area (Å²) in [5.41, 5.74) is 4.78. The van der Waals surface area contributed by atoms with Crippen molar-refractivity contribution in [1.29, 1.82) is 0 Å². The summed E-state index contributed by atoms with van der Waals surface area (Å²) in [6.07, 6.45) is 6.32. The predicted molar refractivity (Wildman–Crippen MR) is 184 cm³/mol. The molecule has 0 aliphatic rings. The van der Waals surface area contributed by atoms with Crippen LogP contribution in [0.5, 0.6) is 5.75 Å². The summed E-state index contributed by atoms with van der Waals surface area (Å²) in [7, 11) is 2.48. The van der Waals surface area contributed by atoms with Crippen molar-refractivity contribution in [3.63, 3.8) is 0 Å². The van der Waals surface area contributed by atoms with Crippen LogP contribution in [0.4, 0.5) is 4.79 Å². The van der Waals surface area contributed by atoms with Gasteiger partial charge in [-0.1, -0.05) is 30.3 Å². The van der Waals surface area contributed by atoms with Gasteiger partial charge in [-0.15, -0.1) is 0 Å². The van der Waals surface area contributed by atoms with E-state index >= 15 is 0 Å². The summed E-state index contributed by atoms with van der Waals surface area (Å²) in [5, 5.41) is 0.901. The minimum atomic E-state index is -0.656. The number of hydrogen-bond acceptors (Lipinski definition) is 10. The highest BCUT2D eigenvalue weighted by atomic mass is 16.6.